The van der Waals surface area contributed by atoms with Crippen LogP contribution in [0.5, 0.6) is 17.2 Å². The smallest absolute Gasteiger partial charge is 0.265 e. The van der Waals surface area contributed by atoms with Crippen LogP contribution in [-0.2, 0) is 17.8 Å². The molecule has 0 fully saturated rings. The molecule has 0 saturated heterocycles. The summed E-state index contributed by atoms with van der Waals surface area (Å²) >= 11 is 0. The van der Waals surface area contributed by atoms with Crippen LogP contribution in [0.1, 0.15) is 32.0 Å². The number of nitrogens with zero attached hydrogens (tertiary/aromatic N) is 3. The predicted molar refractivity (Wildman–Crippen MR) is 121 cm³/mol. The van der Waals surface area contributed by atoms with Crippen molar-refractivity contribution in [2.24, 2.45) is 0 Å². The van der Waals surface area contributed by atoms with Crippen LogP contribution in [0.15, 0.2) is 42.5 Å². The molecule has 4 rings (SSSR count). The highest BCUT2D eigenvalue weighted by atomic mass is 16.5. The van der Waals surface area contributed by atoms with Gasteiger partial charge in [-0.05, 0) is 44.0 Å². The van der Waals surface area contributed by atoms with Crippen LogP contribution in [0.3, 0.4) is 0 Å². The molecule has 1 aromatic heterocycles. The molecule has 2 aromatic carbocycles. The third-order valence-electron chi connectivity index (χ3n) is 5.53. The zero-order chi connectivity index (χ0) is 22.5. The fourth-order valence-electron chi connectivity index (χ4n) is 3.82. The summed E-state index contributed by atoms with van der Waals surface area (Å²) in [7, 11) is 3.12. The minimum absolute atomic E-state index is 0.265. The Balaban J connectivity index is 1.46. The van der Waals surface area contributed by atoms with Crippen molar-refractivity contribution >= 4 is 11.6 Å². The third-order valence-corrected chi connectivity index (χ3v) is 5.53. The fourth-order valence-corrected chi connectivity index (χ4v) is 3.82. The molecule has 0 bridgehead atoms. The average molecular weight is 437 g/mol. The van der Waals surface area contributed by atoms with Gasteiger partial charge in [0.15, 0.2) is 23.4 Å². The van der Waals surface area contributed by atoms with E-state index < -0.39 is 6.10 Å². The lowest BCUT2D eigenvalue weighted by Gasteiger charge is -2.16. The first-order chi connectivity index (χ1) is 15.6. The molecule has 2 heterocycles. The molecule has 1 amide bonds. The summed E-state index contributed by atoms with van der Waals surface area (Å²) in [4.78, 5) is 12.7. The number of hydrogen-bond donors (Lipinski definition) is 1. The first-order valence-electron chi connectivity index (χ1n) is 10.8. The van der Waals surface area contributed by atoms with E-state index in [0.29, 0.717) is 22.9 Å². The molecule has 3 aromatic rings. The quantitative estimate of drug-likeness (QED) is 0.600. The number of amides is 1. The molecule has 1 N–H and O–H groups in total. The van der Waals surface area contributed by atoms with Gasteiger partial charge in [-0.1, -0.05) is 18.6 Å². The molecule has 8 nitrogen and oxygen atoms in total. The topological polar surface area (TPSA) is 87.5 Å². The Labute approximate surface area is 187 Å². The van der Waals surface area contributed by atoms with Crippen molar-refractivity contribution < 1.29 is 19.0 Å². The first-order valence-corrected chi connectivity index (χ1v) is 10.8. The maximum absolute atomic E-state index is 12.7. The van der Waals surface area contributed by atoms with E-state index in [2.05, 4.69) is 20.1 Å². The second-order valence-electron chi connectivity index (χ2n) is 7.75. The standard InChI is InChI=1S/C24H28N4O4/c1-16(24(29)25-18-11-12-20(30-2)21(15-18)31-3)32-19-9-7-8-17(14-19)23-27-26-22-10-5-4-6-13-28(22)23/h7-9,11-12,14-16H,4-6,10,13H2,1-3H3,(H,25,29)/t16-/m0/s1. The Kier molecular flexibility index (Phi) is 6.58. The number of anilines is 1. The zero-order valence-electron chi connectivity index (χ0n) is 18.6. The van der Waals surface area contributed by atoms with Gasteiger partial charge < -0.3 is 24.1 Å². The number of ether oxygens (including phenoxy) is 3. The highest BCUT2D eigenvalue weighted by Crippen LogP contribution is 2.30. The minimum atomic E-state index is -0.700. The summed E-state index contributed by atoms with van der Waals surface area (Å²) in [6.07, 6.45) is 3.74. The second kappa shape index (κ2) is 9.72. The summed E-state index contributed by atoms with van der Waals surface area (Å²) < 4.78 is 18.6. The molecule has 0 aliphatic carbocycles. The maximum atomic E-state index is 12.7. The monoisotopic (exact) mass is 436 g/mol. The molecule has 0 unspecified atom stereocenters. The number of carbonyl (C=O) groups is 1. The fraction of sp³-hybridized carbons (Fsp3) is 0.375. The summed E-state index contributed by atoms with van der Waals surface area (Å²) in [5.74, 6) is 3.35. The van der Waals surface area contributed by atoms with Gasteiger partial charge in [0.1, 0.15) is 11.6 Å². The van der Waals surface area contributed by atoms with Gasteiger partial charge in [0, 0.05) is 30.3 Å². The van der Waals surface area contributed by atoms with Crippen molar-refractivity contribution in [3.8, 4) is 28.6 Å². The number of benzene rings is 2. The van der Waals surface area contributed by atoms with Gasteiger partial charge in [0.05, 0.1) is 14.2 Å². The van der Waals surface area contributed by atoms with Gasteiger partial charge in [-0.2, -0.15) is 0 Å². The van der Waals surface area contributed by atoms with Gasteiger partial charge in [-0.25, -0.2) is 0 Å². The molecule has 0 saturated carbocycles. The van der Waals surface area contributed by atoms with Crippen LogP contribution in [0.4, 0.5) is 5.69 Å². The highest BCUT2D eigenvalue weighted by molar-refractivity contribution is 5.94. The van der Waals surface area contributed by atoms with Crippen LogP contribution >= 0.6 is 0 Å². The Morgan fingerprint density at radius 1 is 1.03 bits per heavy atom. The van der Waals surface area contributed by atoms with Gasteiger partial charge in [0.2, 0.25) is 0 Å². The van der Waals surface area contributed by atoms with Crippen molar-refractivity contribution in [1.29, 1.82) is 0 Å². The van der Waals surface area contributed by atoms with Crippen LogP contribution in [0.2, 0.25) is 0 Å². The average Bonchev–Trinajstić information content (AvgIpc) is 3.07. The number of fused-ring (bicyclic) bond motifs is 1. The molecular formula is C24H28N4O4. The summed E-state index contributed by atoms with van der Waals surface area (Å²) in [6.45, 7) is 2.64. The lowest BCUT2D eigenvalue weighted by atomic mass is 10.2. The number of aryl methyl sites for hydroxylation is 1. The number of aromatic nitrogens is 3. The highest BCUT2D eigenvalue weighted by Gasteiger charge is 2.19. The van der Waals surface area contributed by atoms with Crippen LogP contribution in [0.25, 0.3) is 11.4 Å². The van der Waals surface area contributed by atoms with Gasteiger partial charge in [-0.3, -0.25) is 4.79 Å². The van der Waals surface area contributed by atoms with Crippen molar-refractivity contribution in [3.05, 3.63) is 48.3 Å². The molecule has 1 atom stereocenters. The lowest BCUT2D eigenvalue weighted by molar-refractivity contribution is -0.122. The lowest BCUT2D eigenvalue weighted by Crippen LogP contribution is -2.30. The molecule has 1 aliphatic heterocycles. The van der Waals surface area contributed by atoms with Crippen molar-refractivity contribution in [2.45, 2.75) is 45.3 Å². The Hall–Kier alpha value is -3.55. The molecule has 0 spiro atoms. The molecule has 32 heavy (non-hydrogen) atoms. The largest absolute Gasteiger partial charge is 0.493 e. The minimum Gasteiger partial charge on any atom is -0.493 e. The Bertz CT molecular complexity index is 1100. The van der Waals surface area contributed by atoms with Crippen molar-refractivity contribution in [3.63, 3.8) is 0 Å². The molecular weight excluding hydrogens is 408 g/mol. The van der Waals surface area contributed by atoms with E-state index in [-0.39, 0.29) is 5.91 Å². The Morgan fingerprint density at radius 2 is 1.88 bits per heavy atom. The van der Waals surface area contributed by atoms with E-state index in [0.717, 1.165) is 43.0 Å². The molecule has 168 valence electrons. The van der Waals surface area contributed by atoms with Gasteiger partial charge in [0.25, 0.3) is 5.91 Å². The SMILES string of the molecule is COc1ccc(NC(=O)[C@H](C)Oc2cccc(-c3nnc4n3CCCCC4)c2)cc1OC. The Morgan fingerprint density at radius 3 is 2.69 bits per heavy atom. The zero-order valence-corrected chi connectivity index (χ0v) is 18.6. The first kappa shape index (κ1) is 21.7. The number of methoxy groups -OCH3 is 2. The van der Waals surface area contributed by atoms with E-state index in [1.807, 2.05) is 24.3 Å². The second-order valence-corrected chi connectivity index (χ2v) is 7.75. The predicted octanol–water partition coefficient (Wildman–Crippen LogP) is 4.09. The van der Waals surface area contributed by atoms with E-state index in [4.69, 9.17) is 14.2 Å². The summed E-state index contributed by atoms with van der Waals surface area (Å²) in [6, 6.07) is 12.8. The number of rotatable bonds is 7. The van der Waals surface area contributed by atoms with E-state index >= 15 is 0 Å². The molecule has 8 heteroatoms. The van der Waals surface area contributed by atoms with E-state index in [9.17, 15) is 4.79 Å². The number of hydrogen-bond acceptors (Lipinski definition) is 6. The van der Waals surface area contributed by atoms with E-state index in [1.165, 1.54) is 6.42 Å². The molecule has 1 aliphatic rings. The van der Waals surface area contributed by atoms with Crippen LogP contribution in [-0.4, -0.2) is 41.0 Å². The van der Waals surface area contributed by atoms with Crippen molar-refractivity contribution in [1.82, 2.24) is 14.8 Å². The third kappa shape index (κ3) is 4.69. The van der Waals surface area contributed by atoms with Crippen LogP contribution in [0, 0.1) is 0 Å². The maximum Gasteiger partial charge on any atom is 0.265 e. The van der Waals surface area contributed by atoms with Crippen molar-refractivity contribution in [2.75, 3.05) is 19.5 Å². The van der Waals surface area contributed by atoms with Crippen LogP contribution < -0.4 is 19.5 Å². The van der Waals surface area contributed by atoms with E-state index in [1.54, 1.807) is 39.3 Å². The van der Waals surface area contributed by atoms with Gasteiger partial charge in [-0.15, -0.1) is 10.2 Å². The summed E-state index contributed by atoms with van der Waals surface area (Å²) in [5.41, 5.74) is 1.53. The molecule has 0 radical (unpaired) electrons. The normalized spacial score (nSPS) is 14.1. The number of carbonyl (C=O) groups excluding carboxylic acids is 1. The summed E-state index contributed by atoms with van der Waals surface area (Å²) in [5, 5.41) is 11.6. The number of nitrogens with one attached hydrogen (secondary N) is 1. The van der Waals surface area contributed by atoms with Gasteiger partial charge >= 0.3 is 0 Å².